The largest absolute Gasteiger partial charge is 0.458 e. The number of hydrogen-bond donors (Lipinski definition) is 0. The summed E-state index contributed by atoms with van der Waals surface area (Å²) in [6.07, 6.45) is -0.842. The van der Waals surface area contributed by atoms with E-state index in [1.54, 1.807) is 12.1 Å². The van der Waals surface area contributed by atoms with Gasteiger partial charge in [-0.3, -0.25) is 0 Å². The zero-order valence-electron chi connectivity index (χ0n) is 19.3. The van der Waals surface area contributed by atoms with Crippen LogP contribution >= 0.6 is 0 Å². The highest BCUT2D eigenvalue weighted by Crippen LogP contribution is 2.19. The fourth-order valence-electron chi connectivity index (χ4n) is 3.67. The molecule has 0 unspecified atom stereocenters. The Labute approximate surface area is 199 Å². The van der Waals surface area contributed by atoms with Crippen molar-refractivity contribution in [3.05, 3.63) is 114 Å². The van der Waals surface area contributed by atoms with Crippen LogP contribution in [-0.2, 0) is 27.3 Å². The predicted octanol–water partition coefficient (Wildman–Crippen LogP) is 5.42. The monoisotopic (exact) mass is 453 g/mol. The quantitative estimate of drug-likeness (QED) is 0.334. The highest BCUT2D eigenvalue weighted by atomic mass is 16.6. The minimum Gasteiger partial charge on any atom is -0.458 e. The molecule has 0 aliphatic rings. The SMILES string of the molecule is CN(C)c1ccc(C(=O)O[C@H](Cc2ccc3ccccc3c2)C(=O)OCc2ccccc2)cc1. The number of rotatable bonds is 8. The van der Waals surface area contributed by atoms with Crippen molar-refractivity contribution in [2.75, 3.05) is 19.0 Å². The number of anilines is 1. The lowest BCUT2D eigenvalue weighted by Gasteiger charge is -2.18. The van der Waals surface area contributed by atoms with E-state index in [2.05, 4.69) is 0 Å². The lowest BCUT2D eigenvalue weighted by Crippen LogP contribution is -2.31. The summed E-state index contributed by atoms with van der Waals surface area (Å²) in [4.78, 5) is 27.8. The number of ether oxygens (including phenoxy) is 2. The molecule has 4 rings (SSSR count). The molecule has 0 spiro atoms. The van der Waals surface area contributed by atoms with E-state index in [0.717, 1.165) is 27.6 Å². The van der Waals surface area contributed by atoms with Crippen LogP contribution in [0.15, 0.2) is 97.1 Å². The van der Waals surface area contributed by atoms with E-state index in [4.69, 9.17) is 9.47 Å². The van der Waals surface area contributed by atoms with Crippen LogP contribution < -0.4 is 4.90 Å². The summed E-state index contributed by atoms with van der Waals surface area (Å²) in [6.45, 7) is 0.114. The third-order valence-corrected chi connectivity index (χ3v) is 5.59. The molecule has 0 radical (unpaired) electrons. The highest BCUT2D eigenvalue weighted by molar-refractivity contribution is 5.92. The molecule has 0 aliphatic carbocycles. The van der Waals surface area contributed by atoms with Crippen molar-refractivity contribution >= 4 is 28.4 Å². The summed E-state index contributed by atoms with van der Waals surface area (Å²) in [5, 5.41) is 2.16. The van der Waals surface area contributed by atoms with Gasteiger partial charge in [0.1, 0.15) is 6.61 Å². The van der Waals surface area contributed by atoms with Crippen molar-refractivity contribution in [3.63, 3.8) is 0 Å². The Bertz CT molecular complexity index is 1270. The number of benzene rings is 4. The molecule has 0 heterocycles. The lowest BCUT2D eigenvalue weighted by atomic mass is 10.0. The lowest BCUT2D eigenvalue weighted by molar-refractivity contribution is -0.155. The van der Waals surface area contributed by atoms with Crippen molar-refractivity contribution in [1.82, 2.24) is 0 Å². The van der Waals surface area contributed by atoms with Crippen molar-refractivity contribution < 1.29 is 19.1 Å². The zero-order valence-corrected chi connectivity index (χ0v) is 19.3. The van der Waals surface area contributed by atoms with Crippen LogP contribution in [-0.4, -0.2) is 32.1 Å². The molecule has 0 aromatic heterocycles. The van der Waals surface area contributed by atoms with Gasteiger partial charge < -0.3 is 14.4 Å². The molecule has 0 N–H and O–H groups in total. The second kappa shape index (κ2) is 10.7. The van der Waals surface area contributed by atoms with E-state index in [1.807, 2.05) is 104 Å². The van der Waals surface area contributed by atoms with Gasteiger partial charge in [-0.15, -0.1) is 0 Å². The summed E-state index contributed by atoms with van der Waals surface area (Å²) in [7, 11) is 3.85. The molecule has 34 heavy (non-hydrogen) atoms. The molecule has 0 aliphatic heterocycles. The minimum absolute atomic E-state index is 0.114. The van der Waals surface area contributed by atoms with Crippen molar-refractivity contribution in [3.8, 4) is 0 Å². The van der Waals surface area contributed by atoms with Gasteiger partial charge in [0.2, 0.25) is 6.10 Å². The maximum Gasteiger partial charge on any atom is 0.348 e. The maximum atomic E-state index is 13.0. The van der Waals surface area contributed by atoms with Gasteiger partial charge in [-0.05, 0) is 46.2 Å². The van der Waals surface area contributed by atoms with Crippen molar-refractivity contribution in [2.45, 2.75) is 19.1 Å². The number of nitrogens with zero attached hydrogens (tertiary/aromatic N) is 1. The maximum absolute atomic E-state index is 13.0. The molecule has 5 heteroatoms. The van der Waals surface area contributed by atoms with Crippen LogP contribution in [0.1, 0.15) is 21.5 Å². The molecule has 0 fully saturated rings. The summed E-state index contributed by atoms with van der Waals surface area (Å²) >= 11 is 0. The molecular weight excluding hydrogens is 426 g/mol. The van der Waals surface area contributed by atoms with Crippen LogP contribution in [0.25, 0.3) is 10.8 Å². The van der Waals surface area contributed by atoms with Crippen LogP contribution in [0.2, 0.25) is 0 Å². The predicted molar refractivity (Wildman–Crippen MR) is 134 cm³/mol. The first-order valence-electron chi connectivity index (χ1n) is 11.2. The Hall–Kier alpha value is -4.12. The number of carbonyl (C=O) groups excluding carboxylic acids is 2. The highest BCUT2D eigenvalue weighted by Gasteiger charge is 2.26. The average Bonchev–Trinajstić information content (AvgIpc) is 2.87. The molecular formula is C29H27NO4. The normalized spacial score (nSPS) is 11.6. The van der Waals surface area contributed by atoms with Gasteiger partial charge in [0, 0.05) is 26.2 Å². The molecule has 4 aromatic carbocycles. The third-order valence-electron chi connectivity index (χ3n) is 5.59. The minimum atomic E-state index is -1.06. The van der Waals surface area contributed by atoms with Gasteiger partial charge in [0.25, 0.3) is 0 Å². The Balaban J connectivity index is 1.52. The van der Waals surface area contributed by atoms with Gasteiger partial charge in [-0.25, -0.2) is 9.59 Å². The zero-order chi connectivity index (χ0) is 23.9. The number of carbonyl (C=O) groups is 2. The molecule has 1 atom stereocenters. The van der Waals surface area contributed by atoms with Gasteiger partial charge >= 0.3 is 11.9 Å². The topological polar surface area (TPSA) is 55.8 Å². The fourth-order valence-corrected chi connectivity index (χ4v) is 3.67. The number of fused-ring (bicyclic) bond motifs is 1. The average molecular weight is 454 g/mol. The number of hydrogen-bond acceptors (Lipinski definition) is 5. The van der Waals surface area contributed by atoms with Crippen LogP contribution in [0.3, 0.4) is 0 Å². The number of esters is 2. The Kier molecular flexibility index (Phi) is 7.23. The smallest absolute Gasteiger partial charge is 0.348 e. The molecule has 4 aromatic rings. The Morgan fingerprint density at radius 1 is 0.765 bits per heavy atom. The Morgan fingerprint density at radius 3 is 2.15 bits per heavy atom. The Morgan fingerprint density at radius 2 is 1.44 bits per heavy atom. The van der Waals surface area contributed by atoms with E-state index in [9.17, 15) is 9.59 Å². The first-order valence-corrected chi connectivity index (χ1v) is 11.2. The van der Waals surface area contributed by atoms with Crippen LogP contribution in [0.4, 0.5) is 5.69 Å². The van der Waals surface area contributed by atoms with Gasteiger partial charge in [0.05, 0.1) is 5.56 Å². The molecule has 0 amide bonds. The van der Waals surface area contributed by atoms with E-state index in [-0.39, 0.29) is 13.0 Å². The molecule has 0 saturated heterocycles. The molecule has 0 bridgehead atoms. The van der Waals surface area contributed by atoms with Gasteiger partial charge in [-0.2, -0.15) is 0 Å². The first-order chi connectivity index (χ1) is 16.5. The second-order valence-corrected chi connectivity index (χ2v) is 8.31. The van der Waals surface area contributed by atoms with Gasteiger partial charge in [0.15, 0.2) is 0 Å². The van der Waals surface area contributed by atoms with Crippen molar-refractivity contribution in [2.24, 2.45) is 0 Å². The van der Waals surface area contributed by atoms with Crippen LogP contribution in [0, 0.1) is 0 Å². The summed E-state index contributed by atoms with van der Waals surface area (Å²) in [6, 6.07) is 30.4. The molecule has 172 valence electrons. The van der Waals surface area contributed by atoms with E-state index in [0.29, 0.717) is 5.56 Å². The standard InChI is InChI=1S/C29H27NO4/c1-30(2)26-16-14-24(15-17-26)28(31)34-27(29(32)33-20-21-8-4-3-5-9-21)19-22-12-13-23-10-6-7-11-25(23)18-22/h3-18,27H,19-20H2,1-2H3/t27-/m1/s1. The molecule has 5 nitrogen and oxygen atoms in total. The molecule has 0 saturated carbocycles. The van der Waals surface area contributed by atoms with Crippen molar-refractivity contribution in [1.29, 1.82) is 0 Å². The van der Waals surface area contributed by atoms with Crippen LogP contribution in [0.5, 0.6) is 0 Å². The summed E-state index contributed by atoms with van der Waals surface area (Å²) in [5.74, 6) is -1.14. The van der Waals surface area contributed by atoms with E-state index >= 15 is 0 Å². The second-order valence-electron chi connectivity index (χ2n) is 8.31. The van der Waals surface area contributed by atoms with E-state index < -0.39 is 18.0 Å². The van der Waals surface area contributed by atoms with Gasteiger partial charge in [-0.1, -0.05) is 72.8 Å². The summed E-state index contributed by atoms with van der Waals surface area (Å²) < 4.78 is 11.2. The summed E-state index contributed by atoms with van der Waals surface area (Å²) in [5.41, 5.74) is 3.10. The fraction of sp³-hybridized carbons (Fsp3) is 0.172. The third kappa shape index (κ3) is 5.81. The first kappa shape index (κ1) is 23.1. The van der Waals surface area contributed by atoms with E-state index in [1.165, 1.54) is 0 Å².